The molecule has 3 rings (SSSR count). The van der Waals surface area contributed by atoms with E-state index in [1.165, 1.54) is 0 Å². The van der Waals surface area contributed by atoms with E-state index in [1.807, 2.05) is 23.1 Å². The molecule has 1 unspecified atom stereocenters. The number of likely N-dealkylation sites (tertiary alicyclic amines) is 1. The van der Waals surface area contributed by atoms with Crippen LogP contribution >= 0.6 is 0 Å². The van der Waals surface area contributed by atoms with Gasteiger partial charge in [-0.2, -0.15) is 4.98 Å². The largest absolute Gasteiger partial charge is 0.352 e. The predicted octanol–water partition coefficient (Wildman–Crippen LogP) is 2.51. The lowest BCUT2D eigenvalue weighted by Crippen LogP contribution is -2.45. The molecule has 7 nitrogen and oxygen atoms in total. The Bertz CT molecular complexity index is 760. The molecule has 1 aliphatic rings. The normalized spacial score (nSPS) is 16.9. The molecule has 144 valence electrons. The van der Waals surface area contributed by atoms with E-state index in [0.29, 0.717) is 36.7 Å². The quantitative estimate of drug-likeness (QED) is 0.809. The van der Waals surface area contributed by atoms with E-state index >= 15 is 0 Å². The molecule has 0 radical (unpaired) electrons. The third kappa shape index (κ3) is 5.39. The van der Waals surface area contributed by atoms with Crippen molar-refractivity contribution < 1.29 is 14.1 Å². The number of benzene rings is 1. The van der Waals surface area contributed by atoms with Gasteiger partial charge in [0.2, 0.25) is 11.8 Å². The van der Waals surface area contributed by atoms with E-state index < -0.39 is 0 Å². The van der Waals surface area contributed by atoms with Crippen molar-refractivity contribution in [3.63, 3.8) is 0 Å². The second-order valence-electron chi connectivity index (χ2n) is 6.88. The first kappa shape index (κ1) is 19.1. The van der Waals surface area contributed by atoms with Crippen molar-refractivity contribution in [2.24, 2.45) is 0 Å². The van der Waals surface area contributed by atoms with Gasteiger partial charge in [-0.15, -0.1) is 0 Å². The molecule has 2 amide bonds. The first-order valence-corrected chi connectivity index (χ1v) is 9.55. The zero-order valence-electron chi connectivity index (χ0n) is 15.7. The van der Waals surface area contributed by atoms with Gasteiger partial charge in [-0.25, -0.2) is 0 Å². The molecule has 1 aliphatic heterocycles. The second-order valence-corrected chi connectivity index (χ2v) is 6.88. The molecule has 1 aromatic carbocycles. The molecule has 1 atom stereocenters. The number of nitrogens with one attached hydrogen (secondary N) is 1. The summed E-state index contributed by atoms with van der Waals surface area (Å²) in [5.74, 6) is 1.13. The van der Waals surface area contributed by atoms with E-state index in [-0.39, 0.29) is 17.9 Å². The minimum absolute atomic E-state index is 0.0731. The van der Waals surface area contributed by atoms with Crippen molar-refractivity contribution in [2.75, 3.05) is 13.1 Å². The van der Waals surface area contributed by atoms with Crippen molar-refractivity contribution in [1.82, 2.24) is 20.4 Å². The van der Waals surface area contributed by atoms with E-state index in [4.69, 9.17) is 4.52 Å². The number of aryl methyl sites for hydroxylation is 2. The van der Waals surface area contributed by atoms with Crippen LogP contribution in [0.3, 0.4) is 0 Å². The molecule has 1 aromatic heterocycles. The number of hydrogen-bond acceptors (Lipinski definition) is 5. The lowest BCUT2D eigenvalue weighted by atomic mass is 9.98. The van der Waals surface area contributed by atoms with E-state index in [0.717, 1.165) is 32.2 Å². The molecule has 0 saturated carbocycles. The third-order valence-corrected chi connectivity index (χ3v) is 4.87. The summed E-state index contributed by atoms with van der Waals surface area (Å²) in [5.41, 5.74) is 0.656. The number of aromatic nitrogens is 2. The molecule has 2 heterocycles. The number of carbonyl (C=O) groups is 2. The first-order chi connectivity index (χ1) is 13.1. The van der Waals surface area contributed by atoms with E-state index in [1.54, 1.807) is 19.1 Å². The number of amides is 2. The van der Waals surface area contributed by atoms with Crippen LogP contribution in [-0.4, -0.2) is 46.0 Å². The van der Waals surface area contributed by atoms with E-state index in [9.17, 15) is 9.59 Å². The van der Waals surface area contributed by atoms with Gasteiger partial charge in [0.05, 0.1) is 0 Å². The topological polar surface area (TPSA) is 88.3 Å². The molecule has 7 heteroatoms. The maximum absolute atomic E-state index is 12.7. The zero-order valence-corrected chi connectivity index (χ0v) is 15.7. The van der Waals surface area contributed by atoms with Gasteiger partial charge in [0.15, 0.2) is 5.82 Å². The van der Waals surface area contributed by atoms with Crippen molar-refractivity contribution >= 4 is 11.8 Å². The van der Waals surface area contributed by atoms with Crippen LogP contribution in [0.25, 0.3) is 0 Å². The molecule has 0 spiro atoms. The van der Waals surface area contributed by atoms with Crippen LogP contribution in [0.15, 0.2) is 34.9 Å². The summed E-state index contributed by atoms with van der Waals surface area (Å²) in [6.45, 7) is 3.10. The molecule has 1 fully saturated rings. The monoisotopic (exact) mass is 370 g/mol. The minimum Gasteiger partial charge on any atom is -0.352 e. The van der Waals surface area contributed by atoms with Gasteiger partial charge in [-0.05, 0) is 44.7 Å². The fourth-order valence-electron chi connectivity index (χ4n) is 3.47. The van der Waals surface area contributed by atoms with Gasteiger partial charge in [0.1, 0.15) is 0 Å². The van der Waals surface area contributed by atoms with E-state index in [2.05, 4.69) is 15.5 Å². The van der Waals surface area contributed by atoms with Gasteiger partial charge in [0.25, 0.3) is 5.91 Å². The fourth-order valence-corrected chi connectivity index (χ4v) is 3.47. The Morgan fingerprint density at radius 3 is 2.81 bits per heavy atom. The molecule has 0 aliphatic carbocycles. The lowest BCUT2D eigenvalue weighted by Gasteiger charge is -2.36. The maximum atomic E-state index is 12.7. The number of piperidine rings is 1. The van der Waals surface area contributed by atoms with Crippen LogP contribution in [-0.2, 0) is 11.2 Å². The number of carbonyl (C=O) groups excluding carboxylic acids is 2. The van der Waals surface area contributed by atoms with Gasteiger partial charge < -0.3 is 14.7 Å². The molecule has 1 N–H and O–H groups in total. The van der Waals surface area contributed by atoms with Crippen LogP contribution in [0.4, 0.5) is 0 Å². The summed E-state index contributed by atoms with van der Waals surface area (Å²) in [4.78, 5) is 30.9. The van der Waals surface area contributed by atoms with Crippen LogP contribution in [0.2, 0.25) is 0 Å². The minimum atomic E-state index is -0.0731. The molecule has 0 bridgehead atoms. The molecular weight excluding hydrogens is 344 g/mol. The second kappa shape index (κ2) is 9.30. The average Bonchev–Trinajstić information content (AvgIpc) is 3.12. The molecule has 27 heavy (non-hydrogen) atoms. The highest BCUT2D eigenvalue weighted by Crippen LogP contribution is 2.21. The summed E-state index contributed by atoms with van der Waals surface area (Å²) in [5, 5.41) is 6.71. The summed E-state index contributed by atoms with van der Waals surface area (Å²) in [6.07, 6.45) is 4.72. The maximum Gasteiger partial charge on any atom is 0.251 e. The van der Waals surface area contributed by atoms with Gasteiger partial charge in [-0.3, -0.25) is 9.59 Å². The Kier molecular flexibility index (Phi) is 6.57. The number of rotatable bonds is 7. The highest BCUT2D eigenvalue weighted by atomic mass is 16.5. The highest BCUT2D eigenvalue weighted by molar-refractivity contribution is 5.94. The fraction of sp³-hybridized carbons (Fsp3) is 0.500. The molecule has 1 saturated heterocycles. The highest BCUT2D eigenvalue weighted by Gasteiger charge is 2.26. The van der Waals surface area contributed by atoms with Crippen molar-refractivity contribution in [3.05, 3.63) is 47.6 Å². The number of hydrogen-bond donors (Lipinski definition) is 1. The number of nitrogens with zero attached hydrogens (tertiary/aromatic N) is 3. The van der Waals surface area contributed by atoms with Crippen molar-refractivity contribution in [2.45, 2.75) is 51.5 Å². The van der Waals surface area contributed by atoms with Crippen LogP contribution in [0.1, 0.15) is 54.2 Å². The van der Waals surface area contributed by atoms with Crippen LogP contribution < -0.4 is 5.32 Å². The first-order valence-electron chi connectivity index (χ1n) is 9.55. The van der Waals surface area contributed by atoms with Gasteiger partial charge in [-0.1, -0.05) is 23.4 Å². The standard InChI is InChI=1S/C20H26N4O3/c1-15-22-18(27-23-15)10-11-19(25)24-14-6-5-9-17(24)12-13-21-20(26)16-7-3-2-4-8-16/h2-4,7-8,17H,5-6,9-14H2,1H3,(H,21,26). The van der Waals surface area contributed by atoms with Gasteiger partial charge >= 0.3 is 0 Å². The molecule has 2 aromatic rings. The Morgan fingerprint density at radius 2 is 2.07 bits per heavy atom. The Balaban J connectivity index is 1.47. The van der Waals surface area contributed by atoms with Crippen LogP contribution in [0, 0.1) is 6.92 Å². The predicted molar refractivity (Wildman–Crippen MR) is 100 cm³/mol. The zero-order chi connectivity index (χ0) is 19.1. The van der Waals surface area contributed by atoms with Crippen LogP contribution in [0.5, 0.6) is 0 Å². The Morgan fingerprint density at radius 1 is 1.26 bits per heavy atom. The van der Waals surface area contributed by atoms with Gasteiger partial charge in [0, 0.05) is 37.5 Å². The van der Waals surface area contributed by atoms with Crippen molar-refractivity contribution in [1.29, 1.82) is 0 Å². The Hall–Kier alpha value is -2.70. The summed E-state index contributed by atoms with van der Waals surface area (Å²) >= 11 is 0. The third-order valence-electron chi connectivity index (χ3n) is 4.87. The van der Waals surface area contributed by atoms with Crippen molar-refractivity contribution in [3.8, 4) is 0 Å². The summed E-state index contributed by atoms with van der Waals surface area (Å²) < 4.78 is 5.08. The smallest absolute Gasteiger partial charge is 0.251 e. The molecular formula is C20H26N4O3. The summed E-state index contributed by atoms with van der Waals surface area (Å²) in [6, 6.07) is 9.35. The lowest BCUT2D eigenvalue weighted by molar-refractivity contribution is -0.135. The SMILES string of the molecule is Cc1noc(CCC(=O)N2CCCCC2CCNC(=O)c2ccccc2)n1. The Labute approximate surface area is 159 Å². The average molecular weight is 370 g/mol. The summed E-state index contributed by atoms with van der Waals surface area (Å²) in [7, 11) is 0.